The van der Waals surface area contributed by atoms with Gasteiger partial charge in [0, 0.05) is 11.8 Å². The fourth-order valence-electron chi connectivity index (χ4n) is 2.21. The minimum Gasteiger partial charge on any atom is -0.497 e. The summed E-state index contributed by atoms with van der Waals surface area (Å²) < 4.78 is 5.11. The lowest BCUT2D eigenvalue weighted by Crippen LogP contribution is -2.02. The quantitative estimate of drug-likeness (QED) is 0.433. The average Bonchev–Trinajstić information content (AvgIpc) is 2.64. The molecule has 0 saturated heterocycles. The molecule has 9 heteroatoms. The molecule has 0 aliphatic heterocycles. The van der Waals surface area contributed by atoms with Crippen molar-refractivity contribution in [1.29, 1.82) is 0 Å². The van der Waals surface area contributed by atoms with Crippen LogP contribution in [0.25, 0.3) is 0 Å². The number of aryl methyl sites for hydroxylation is 1. The molecule has 0 amide bonds. The number of nitrogens with zero attached hydrogens (tertiary/aromatic N) is 3. The smallest absolute Gasteiger partial charge is 0.301 e. The molecule has 2 rings (SSSR count). The third-order valence-electron chi connectivity index (χ3n) is 3.69. The number of nitrogens with one attached hydrogen (secondary N) is 1. The van der Waals surface area contributed by atoms with Crippen LogP contribution in [0.15, 0.2) is 47.6 Å². The molecule has 0 radical (unpaired) electrons. The van der Waals surface area contributed by atoms with Crippen LogP contribution < -0.4 is 10.2 Å². The van der Waals surface area contributed by atoms with Gasteiger partial charge in [0.25, 0.3) is 5.69 Å². The van der Waals surface area contributed by atoms with E-state index in [4.69, 9.17) is 4.74 Å². The third-order valence-corrected chi connectivity index (χ3v) is 3.69. The number of benzene rings is 2. The van der Waals surface area contributed by atoms with Crippen molar-refractivity contribution in [2.24, 2.45) is 5.10 Å². The van der Waals surface area contributed by atoms with Gasteiger partial charge in [0.2, 0.25) is 0 Å². The van der Waals surface area contributed by atoms with Crippen LogP contribution in [-0.4, -0.2) is 22.7 Å². The normalized spacial score (nSPS) is 11.1. The van der Waals surface area contributed by atoms with E-state index >= 15 is 0 Å². The highest BCUT2D eigenvalue weighted by atomic mass is 16.6. The summed E-state index contributed by atoms with van der Waals surface area (Å²) in [4.78, 5) is 20.5. The van der Waals surface area contributed by atoms with Gasteiger partial charge >= 0.3 is 5.69 Å². The van der Waals surface area contributed by atoms with E-state index in [1.54, 1.807) is 14.0 Å². The van der Waals surface area contributed by atoms with Crippen LogP contribution in [0.2, 0.25) is 0 Å². The topological polar surface area (TPSA) is 120 Å². The molecular formula is C17H18N4O5. The lowest BCUT2D eigenvalue weighted by molar-refractivity contribution is -0.393. The molecule has 0 bridgehead atoms. The minimum atomic E-state index is -0.683. The first-order valence-corrected chi connectivity index (χ1v) is 7.75. The largest absolute Gasteiger partial charge is 0.497 e. The van der Waals surface area contributed by atoms with Gasteiger partial charge in [0.05, 0.1) is 23.0 Å². The highest BCUT2D eigenvalue weighted by Gasteiger charge is 2.19. The summed E-state index contributed by atoms with van der Waals surface area (Å²) in [7, 11) is 1.61. The van der Waals surface area contributed by atoms with E-state index in [2.05, 4.69) is 10.5 Å². The number of anilines is 1. The molecular weight excluding hydrogens is 340 g/mol. The molecule has 26 heavy (non-hydrogen) atoms. The van der Waals surface area contributed by atoms with E-state index in [1.807, 2.05) is 24.3 Å². The Morgan fingerprint density at radius 2 is 1.81 bits per heavy atom. The van der Waals surface area contributed by atoms with E-state index < -0.39 is 15.5 Å². The van der Waals surface area contributed by atoms with Crippen molar-refractivity contribution in [1.82, 2.24) is 0 Å². The van der Waals surface area contributed by atoms with E-state index in [-0.39, 0.29) is 11.4 Å². The lowest BCUT2D eigenvalue weighted by atomic mass is 10.1. The zero-order valence-corrected chi connectivity index (χ0v) is 14.3. The molecule has 0 unspecified atom stereocenters. The van der Waals surface area contributed by atoms with Gasteiger partial charge in [-0.2, -0.15) is 5.10 Å². The molecule has 0 heterocycles. The van der Waals surface area contributed by atoms with Crippen LogP contribution in [-0.2, 0) is 6.42 Å². The summed E-state index contributed by atoms with van der Waals surface area (Å²) in [6.45, 7) is 1.80. The van der Waals surface area contributed by atoms with E-state index in [1.165, 1.54) is 12.1 Å². The summed E-state index contributed by atoms with van der Waals surface area (Å²) in [6.07, 6.45) is 1.41. The first kappa shape index (κ1) is 18.8. The number of non-ortho nitro benzene ring substituents is 1. The first-order valence-electron chi connectivity index (χ1n) is 7.75. The molecule has 2 aromatic carbocycles. The number of nitro groups is 2. The van der Waals surface area contributed by atoms with Crippen molar-refractivity contribution in [3.63, 3.8) is 0 Å². The van der Waals surface area contributed by atoms with Crippen molar-refractivity contribution in [3.8, 4) is 5.75 Å². The van der Waals surface area contributed by atoms with E-state index in [9.17, 15) is 20.2 Å². The van der Waals surface area contributed by atoms with Crippen molar-refractivity contribution in [2.75, 3.05) is 12.5 Å². The SMILES string of the molecule is COc1ccc(CC/C(C)=N\Nc2ccc([N+](=O)[O-])cc2[N+](=O)[O-])cc1. The molecule has 1 N–H and O–H groups in total. The van der Waals surface area contributed by atoms with Gasteiger partial charge in [-0.05, 0) is 43.5 Å². The molecule has 0 saturated carbocycles. The van der Waals surface area contributed by atoms with Crippen LogP contribution in [0, 0.1) is 20.2 Å². The molecule has 0 atom stereocenters. The predicted molar refractivity (Wildman–Crippen MR) is 97.8 cm³/mol. The van der Waals surface area contributed by atoms with Crippen molar-refractivity contribution in [2.45, 2.75) is 19.8 Å². The van der Waals surface area contributed by atoms with Gasteiger partial charge in [-0.1, -0.05) is 12.1 Å². The first-order chi connectivity index (χ1) is 12.4. The van der Waals surface area contributed by atoms with Gasteiger partial charge in [0.15, 0.2) is 0 Å². The van der Waals surface area contributed by atoms with E-state index in [0.717, 1.165) is 29.5 Å². The molecule has 0 aliphatic rings. The maximum atomic E-state index is 11.1. The Morgan fingerprint density at radius 3 is 2.38 bits per heavy atom. The highest BCUT2D eigenvalue weighted by Crippen LogP contribution is 2.28. The van der Waals surface area contributed by atoms with Crippen LogP contribution in [0.3, 0.4) is 0 Å². The number of rotatable bonds is 8. The Labute approximate surface area is 149 Å². The summed E-state index contributed by atoms with van der Waals surface area (Å²) in [6, 6.07) is 11.0. The molecule has 0 spiro atoms. The molecule has 0 aliphatic carbocycles. The Morgan fingerprint density at radius 1 is 1.12 bits per heavy atom. The van der Waals surface area contributed by atoms with Crippen molar-refractivity contribution >= 4 is 22.8 Å². The summed E-state index contributed by atoms with van der Waals surface area (Å²) >= 11 is 0. The number of methoxy groups -OCH3 is 1. The second kappa shape index (κ2) is 8.56. The van der Waals surface area contributed by atoms with Crippen molar-refractivity contribution < 1.29 is 14.6 Å². The number of hydrogen-bond donors (Lipinski definition) is 1. The predicted octanol–water partition coefficient (Wildman–Crippen LogP) is 3.93. The second-order valence-electron chi connectivity index (χ2n) is 5.52. The lowest BCUT2D eigenvalue weighted by Gasteiger charge is -2.05. The summed E-state index contributed by atoms with van der Waals surface area (Å²) in [5.74, 6) is 0.784. The standard InChI is InChI=1S/C17H18N4O5/c1-12(3-4-13-5-8-15(26-2)9-6-13)18-19-16-10-7-14(20(22)23)11-17(16)21(24)25/h5-11,19H,3-4H2,1-2H3/b18-12-. The molecule has 0 fully saturated rings. The number of nitro benzene ring substituents is 2. The monoisotopic (exact) mass is 358 g/mol. The second-order valence-corrected chi connectivity index (χ2v) is 5.52. The summed E-state index contributed by atoms with van der Waals surface area (Å²) in [5.41, 5.74) is 3.83. The Balaban J connectivity index is 2.03. The van der Waals surface area contributed by atoms with Gasteiger partial charge in [0.1, 0.15) is 11.4 Å². The fraction of sp³-hybridized carbons (Fsp3) is 0.235. The van der Waals surface area contributed by atoms with Gasteiger partial charge in [-0.3, -0.25) is 25.7 Å². The summed E-state index contributed by atoms with van der Waals surface area (Å²) in [5, 5.41) is 26.0. The van der Waals surface area contributed by atoms with Gasteiger partial charge < -0.3 is 4.74 Å². The van der Waals surface area contributed by atoms with E-state index in [0.29, 0.717) is 6.42 Å². The highest BCUT2D eigenvalue weighted by molar-refractivity contribution is 5.83. The molecule has 136 valence electrons. The Bertz CT molecular complexity index is 834. The number of ether oxygens (including phenoxy) is 1. The molecule has 9 nitrogen and oxygen atoms in total. The minimum absolute atomic E-state index is 0.101. The molecule has 2 aromatic rings. The van der Waals surface area contributed by atoms with Crippen LogP contribution >= 0.6 is 0 Å². The van der Waals surface area contributed by atoms with Crippen LogP contribution in [0.1, 0.15) is 18.9 Å². The number of hydrazone groups is 1. The third kappa shape index (κ3) is 5.00. The average molecular weight is 358 g/mol. The van der Waals surface area contributed by atoms with Gasteiger partial charge in [-0.25, -0.2) is 0 Å². The van der Waals surface area contributed by atoms with Gasteiger partial charge in [-0.15, -0.1) is 0 Å². The Hall–Kier alpha value is -3.49. The number of hydrogen-bond acceptors (Lipinski definition) is 7. The Kier molecular flexibility index (Phi) is 6.20. The van der Waals surface area contributed by atoms with Crippen LogP contribution in [0.5, 0.6) is 5.75 Å². The van der Waals surface area contributed by atoms with Crippen molar-refractivity contribution in [3.05, 3.63) is 68.3 Å². The fourth-order valence-corrected chi connectivity index (χ4v) is 2.21. The van der Waals surface area contributed by atoms with Crippen LogP contribution in [0.4, 0.5) is 17.1 Å². The zero-order chi connectivity index (χ0) is 19.1. The zero-order valence-electron chi connectivity index (χ0n) is 14.3. The maximum absolute atomic E-state index is 11.1. The maximum Gasteiger partial charge on any atom is 0.301 e. The molecule has 0 aromatic heterocycles.